The lowest BCUT2D eigenvalue weighted by atomic mass is 9.98. The Labute approximate surface area is 341 Å². The van der Waals surface area contributed by atoms with Gasteiger partial charge in [0.25, 0.3) is 0 Å². The van der Waals surface area contributed by atoms with Crippen LogP contribution in [-0.4, -0.2) is 25.5 Å². The van der Waals surface area contributed by atoms with Crippen molar-refractivity contribution in [3.05, 3.63) is 199 Å². The molecule has 0 aliphatic heterocycles. The third kappa shape index (κ3) is 6.56. The monoisotopic (exact) mass is 763 g/mol. The molecule has 2 aromatic heterocycles. The van der Waals surface area contributed by atoms with E-state index in [4.69, 9.17) is 23.6 Å². The number of benzene rings is 8. The summed E-state index contributed by atoms with van der Waals surface area (Å²) >= 11 is 0. The minimum Gasteiger partial charge on any atom is -0.496 e. The van der Waals surface area contributed by atoms with Crippen LogP contribution < -0.4 is 4.74 Å². The maximum atomic E-state index is 6.71. The first kappa shape index (κ1) is 35.6. The Morgan fingerprint density at radius 2 is 1.14 bits per heavy atom. The Hall–Kier alpha value is -7.83. The van der Waals surface area contributed by atoms with Gasteiger partial charge in [0.05, 0.1) is 13.7 Å². The molecular formula is C53H37N3O3. The predicted molar refractivity (Wildman–Crippen MR) is 243 cm³/mol. The maximum absolute atomic E-state index is 6.71. The Balaban J connectivity index is 1.10. The van der Waals surface area contributed by atoms with Crippen molar-refractivity contribution in [2.24, 2.45) is 15.0 Å². The van der Waals surface area contributed by atoms with E-state index < -0.39 is 0 Å². The first-order valence-corrected chi connectivity index (χ1v) is 19.5. The fraction of sp³-hybridized carbons (Fsp3) is 0.0377. The van der Waals surface area contributed by atoms with Crippen LogP contribution in [0.25, 0.3) is 77.3 Å². The molecule has 0 saturated heterocycles. The number of para-hydroxylation sites is 3. The number of nitrogens with zero attached hydrogens (tertiary/aromatic N) is 3. The van der Waals surface area contributed by atoms with Gasteiger partial charge in [-0.15, -0.1) is 0 Å². The van der Waals surface area contributed by atoms with Crippen LogP contribution in [0.3, 0.4) is 0 Å². The van der Waals surface area contributed by atoms with Gasteiger partial charge in [0.1, 0.15) is 28.1 Å². The average Bonchev–Trinajstić information content (AvgIpc) is 3.89. The molecule has 0 fully saturated rings. The third-order valence-electron chi connectivity index (χ3n) is 10.8. The summed E-state index contributed by atoms with van der Waals surface area (Å²) in [5.41, 5.74) is 12.0. The first-order chi connectivity index (χ1) is 29.2. The molecule has 2 heterocycles. The van der Waals surface area contributed by atoms with Crippen LogP contribution >= 0.6 is 0 Å². The largest absolute Gasteiger partial charge is 0.496 e. The molecule has 282 valence electrons. The normalized spacial score (nSPS) is 12.2. The van der Waals surface area contributed by atoms with Crippen molar-refractivity contribution in [3.63, 3.8) is 0 Å². The molecular weight excluding hydrogens is 727 g/mol. The molecule has 59 heavy (non-hydrogen) atoms. The number of hydrogen-bond acceptors (Lipinski definition) is 4. The molecule has 10 rings (SSSR count). The molecule has 0 aliphatic rings. The number of rotatable bonds is 8. The standard InChI is InChI=1S/C53H37N3O3/c1-54-53(45-23-13-25-47-49(45)44-22-12-21-43(51(44)59-47)42-20-11-19-41-40-18-9-10-24-46(40)58-50(41)42)56-52(38-30-31-39(48(32-38)57-2)37-16-7-4-8-17-37)55-33-34-26-28-36(29-27-34)35-14-5-3-6-15-35/h3-32H,1,33H2,2H3/b55-52-,56-53-. The lowest BCUT2D eigenvalue weighted by Crippen LogP contribution is -2.06. The van der Waals surface area contributed by atoms with Gasteiger partial charge in [-0.05, 0) is 53.2 Å². The summed E-state index contributed by atoms with van der Waals surface area (Å²) in [5.74, 6) is 1.64. The zero-order chi connectivity index (χ0) is 39.7. The average molecular weight is 764 g/mol. The molecule has 0 unspecified atom stereocenters. The van der Waals surface area contributed by atoms with Gasteiger partial charge in [-0.1, -0.05) is 158 Å². The zero-order valence-corrected chi connectivity index (χ0v) is 32.3. The van der Waals surface area contributed by atoms with Gasteiger partial charge in [-0.25, -0.2) is 9.98 Å². The molecule has 0 atom stereocenters. The van der Waals surface area contributed by atoms with Gasteiger partial charge >= 0.3 is 0 Å². The van der Waals surface area contributed by atoms with Crippen LogP contribution in [0.4, 0.5) is 0 Å². The highest BCUT2D eigenvalue weighted by Gasteiger charge is 2.21. The van der Waals surface area contributed by atoms with Crippen LogP contribution in [-0.2, 0) is 6.54 Å². The molecule has 0 amide bonds. The SMILES string of the molecule is C=N/C(=N\C(=N/Cc1ccc(-c2ccccc2)cc1)c1ccc(-c2ccccc2)c(OC)c1)c1cccc2oc3c(-c4cccc5c4oc4ccccc45)cccc3c12. The Morgan fingerprint density at radius 1 is 0.525 bits per heavy atom. The van der Waals surface area contributed by atoms with Crippen molar-refractivity contribution in [2.45, 2.75) is 6.54 Å². The summed E-state index contributed by atoms with van der Waals surface area (Å²) in [5, 5.41) is 3.96. The molecule has 6 heteroatoms. The van der Waals surface area contributed by atoms with E-state index in [9.17, 15) is 0 Å². The molecule has 0 aliphatic carbocycles. The minimum atomic E-state index is 0.399. The number of furan rings is 2. The van der Waals surface area contributed by atoms with E-state index in [0.717, 1.165) is 82.8 Å². The predicted octanol–water partition coefficient (Wildman–Crippen LogP) is 13.6. The van der Waals surface area contributed by atoms with Crippen molar-refractivity contribution in [1.29, 1.82) is 0 Å². The third-order valence-corrected chi connectivity index (χ3v) is 10.8. The Morgan fingerprint density at radius 3 is 1.88 bits per heavy atom. The van der Waals surface area contributed by atoms with Gasteiger partial charge in [-0.2, -0.15) is 0 Å². The van der Waals surface area contributed by atoms with E-state index in [1.807, 2.05) is 72.8 Å². The topological polar surface area (TPSA) is 72.6 Å². The maximum Gasteiger partial charge on any atom is 0.161 e. The molecule has 8 aromatic carbocycles. The van der Waals surface area contributed by atoms with E-state index >= 15 is 0 Å². The second kappa shape index (κ2) is 15.3. The van der Waals surface area contributed by atoms with Crippen LogP contribution in [0.5, 0.6) is 5.75 Å². The minimum absolute atomic E-state index is 0.399. The van der Waals surface area contributed by atoms with Crippen molar-refractivity contribution < 1.29 is 13.6 Å². The molecule has 0 radical (unpaired) electrons. The summed E-state index contributed by atoms with van der Waals surface area (Å²) in [6, 6.07) is 61.6. The molecule has 0 spiro atoms. The number of amidine groups is 2. The summed E-state index contributed by atoms with van der Waals surface area (Å²) < 4.78 is 19.1. The highest BCUT2D eigenvalue weighted by Crippen LogP contribution is 2.42. The lowest BCUT2D eigenvalue weighted by molar-refractivity contribution is 0.416. The lowest BCUT2D eigenvalue weighted by Gasteiger charge is -2.12. The number of methoxy groups -OCH3 is 1. The van der Waals surface area contributed by atoms with E-state index in [1.54, 1.807) is 7.11 Å². The van der Waals surface area contributed by atoms with Gasteiger partial charge < -0.3 is 13.6 Å². The summed E-state index contributed by atoms with van der Waals surface area (Å²) in [6.45, 7) is 4.42. The van der Waals surface area contributed by atoms with Crippen LogP contribution in [0.1, 0.15) is 16.7 Å². The fourth-order valence-electron chi connectivity index (χ4n) is 7.96. The van der Waals surface area contributed by atoms with Crippen molar-refractivity contribution in [3.8, 4) is 39.1 Å². The fourth-order valence-corrected chi connectivity index (χ4v) is 7.96. The second-order valence-electron chi connectivity index (χ2n) is 14.3. The Kier molecular flexibility index (Phi) is 9.20. The van der Waals surface area contributed by atoms with E-state index in [2.05, 4.69) is 121 Å². The summed E-state index contributed by atoms with van der Waals surface area (Å²) in [6.07, 6.45) is 0. The molecule has 0 N–H and O–H groups in total. The van der Waals surface area contributed by atoms with Gasteiger partial charge in [0.15, 0.2) is 11.7 Å². The van der Waals surface area contributed by atoms with Crippen LogP contribution in [0.2, 0.25) is 0 Å². The van der Waals surface area contributed by atoms with E-state index in [0.29, 0.717) is 29.5 Å². The number of ether oxygens (including phenoxy) is 1. The van der Waals surface area contributed by atoms with E-state index in [1.165, 1.54) is 5.56 Å². The molecule has 6 nitrogen and oxygen atoms in total. The summed E-state index contributed by atoms with van der Waals surface area (Å²) in [7, 11) is 1.68. The zero-order valence-electron chi connectivity index (χ0n) is 32.3. The smallest absolute Gasteiger partial charge is 0.161 e. The molecule has 10 aromatic rings. The van der Waals surface area contributed by atoms with Crippen molar-refractivity contribution in [2.75, 3.05) is 7.11 Å². The second-order valence-corrected chi connectivity index (χ2v) is 14.3. The molecule has 0 bridgehead atoms. The van der Waals surface area contributed by atoms with Gasteiger partial charge in [0, 0.05) is 49.4 Å². The first-order valence-electron chi connectivity index (χ1n) is 19.5. The highest BCUT2D eigenvalue weighted by molar-refractivity contribution is 6.23. The Bertz CT molecular complexity index is 3230. The quantitative estimate of drug-likeness (QED) is 0.114. The number of aliphatic imine (C=N–C) groups is 3. The van der Waals surface area contributed by atoms with Crippen LogP contribution in [0.15, 0.2) is 206 Å². The highest BCUT2D eigenvalue weighted by atomic mass is 16.5. The number of fused-ring (bicyclic) bond motifs is 6. The van der Waals surface area contributed by atoms with E-state index in [-0.39, 0.29) is 0 Å². The van der Waals surface area contributed by atoms with Gasteiger partial charge in [-0.3, -0.25) is 4.99 Å². The molecule has 0 saturated carbocycles. The van der Waals surface area contributed by atoms with Crippen molar-refractivity contribution >= 4 is 62.3 Å². The van der Waals surface area contributed by atoms with Gasteiger partial charge in [0.2, 0.25) is 0 Å². The van der Waals surface area contributed by atoms with Crippen LogP contribution in [0, 0.1) is 0 Å². The number of hydrogen-bond donors (Lipinski definition) is 0. The summed E-state index contributed by atoms with van der Waals surface area (Å²) in [4.78, 5) is 14.9. The van der Waals surface area contributed by atoms with Crippen molar-refractivity contribution in [1.82, 2.24) is 0 Å².